The van der Waals surface area contributed by atoms with Crippen LogP contribution in [-0.4, -0.2) is 23.9 Å². The minimum atomic E-state index is -4.09. The van der Waals surface area contributed by atoms with Crippen molar-refractivity contribution in [1.29, 1.82) is 5.26 Å². The molecule has 126 valence electrons. The van der Waals surface area contributed by atoms with Gasteiger partial charge in [-0.05, 0) is 42.5 Å². The molecule has 0 atom stereocenters. The second-order valence-electron chi connectivity index (χ2n) is 4.65. The smallest absolute Gasteiger partial charge is 0.261 e. The lowest BCUT2D eigenvalue weighted by Gasteiger charge is -2.11. The normalized spacial score (nSPS) is 11.5. The zero-order valence-corrected chi connectivity index (χ0v) is 14.1. The molecule has 3 N–H and O–H groups in total. The zero-order chi connectivity index (χ0) is 18.0. The van der Waals surface area contributed by atoms with E-state index in [-0.39, 0.29) is 21.2 Å². The Kier molecular flexibility index (Phi) is 4.79. The number of nitrogens with zero attached hydrogens (tertiary/aromatic N) is 1. The van der Waals surface area contributed by atoms with Crippen LogP contribution in [0.4, 0.5) is 5.69 Å². The SMILES string of the molecule is COc1ccc(NS(=O)(=O)c2ccc(C#N)cc2)cc1S(N)(=O)=O. The maximum absolute atomic E-state index is 12.3. The predicted octanol–water partition coefficient (Wildman–Crippen LogP) is 1.02. The van der Waals surface area contributed by atoms with Gasteiger partial charge < -0.3 is 4.74 Å². The van der Waals surface area contributed by atoms with Gasteiger partial charge in [0, 0.05) is 0 Å². The van der Waals surface area contributed by atoms with E-state index in [2.05, 4.69) is 4.72 Å². The predicted molar refractivity (Wildman–Crippen MR) is 86.3 cm³/mol. The van der Waals surface area contributed by atoms with E-state index in [4.69, 9.17) is 15.1 Å². The Morgan fingerprint density at radius 1 is 1.08 bits per heavy atom. The number of nitriles is 1. The van der Waals surface area contributed by atoms with E-state index in [1.54, 1.807) is 0 Å². The summed E-state index contributed by atoms with van der Waals surface area (Å²) in [5.41, 5.74) is 0.319. The van der Waals surface area contributed by atoms with Gasteiger partial charge in [0.2, 0.25) is 10.0 Å². The van der Waals surface area contributed by atoms with Crippen molar-refractivity contribution in [3.63, 3.8) is 0 Å². The standard InChI is InChI=1S/C14H13N3O5S2/c1-22-13-7-4-11(8-14(13)23(16,18)19)17-24(20,21)12-5-2-10(9-15)3-6-12/h2-8,17H,1H3,(H2,16,18,19). The molecular formula is C14H13N3O5S2. The summed E-state index contributed by atoms with van der Waals surface area (Å²) in [6.07, 6.45) is 0. The van der Waals surface area contributed by atoms with Crippen LogP contribution in [0.3, 0.4) is 0 Å². The molecule has 0 bridgehead atoms. The summed E-state index contributed by atoms with van der Waals surface area (Å²) in [7, 11) is -6.78. The van der Waals surface area contributed by atoms with Gasteiger partial charge in [0.05, 0.1) is 29.3 Å². The molecule has 0 aliphatic carbocycles. The number of ether oxygens (including phenoxy) is 1. The fraction of sp³-hybridized carbons (Fsp3) is 0.0714. The fourth-order valence-corrected chi connectivity index (χ4v) is 3.66. The summed E-state index contributed by atoms with van der Waals surface area (Å²) in [5.74, 6) is -0.00109. The molecule has 2 aromatic rings. The Morgan fingerprint density at radius 3 is 2.21 bits per heavy atom. The van der Waals surface area contributed by atoms with Gasteiger partial charge in [-0.15, -0.1) is 0 Å². The molecule has 0 aromatic heterocycles. The molecular weight excluding hydrogens is 354 g/mol. The minimum absolute atomic E-state index is 0.00109. The molecule has 8 nitrogen and oxygen atoms in total. The lowest BCUT2D eigenvalue weighted by molar-refractivity contribution is 0.403. The minimum Gasteiger partial charge on any atom is -0.495 e. The number of nitrogens with one attached hydrogen (secondary N) is 1. The van der Waals surface area contributed by atoms with Gasteiger partial charge in [-0.1, -0.05) is 0 Å². The molecule has 0 aliphatic rings. The number of anilines is 1. The van der Waals surface area contributed by atoms with E-state index in [0.717, 1.165) is 6.07 Å². The van der Waals surface area contributed by atoms with Crippen LogP contribution in [-0.2, 0) is 20.0 Å². The number of nitrogens with two attached hydrogens (primary N) is 1. The van der Waals surface area contributed by atoms with E-state index >= 15 is 0 Å². The Labute approximate surface area is 139 Å². The van der Waals surface area contributed by atoms with E-state index in [9.17, 15) is 16.8 Å². The molecule has 2 aromatic carbocycles. The van der Waals surface area contributed by atoms with Crippen LogP contribution in [0, 0.1) is 11.3 Å². The van der Waals surface area contributed by atoms with Crippen molar-refractivity contribution in [3.8, 4) is 11.8 Å². The van der Waals surface area contributed by atoms with Crippen LogP contribution < -0.4 is 14.6 Å². The highest BCUT2D eigenvalue weighted by Gasteiger charge is 2.19. The molecule has 0 amide bonds. The van der Waals surface area contributed by atoms with Crippen molar-refractivity contribution in [1.82, 2.24) is 0 Å². The summed E-state index contributed by atoms with van der Waals surface area (Å²) < 4.78 is 54.9. The van der Waals surface area contributed by atoms with Crippen molar-refractivity contribution < 1.29 is 21.6 Å². The van der Waals surface area contributed by atoms with Gasteiger partial charge in [-0.3, -0.25) is 4.72 Å². The lowest BCUT2D eigenvalue weighted by Crippen LogP contribution is -2.16. The topological polar surface area (TPSA) is 139 Å². The Bertz CT molecular complexity index is 1010. The molecule has 2 rings (SSSR count). The van der Waals surface area contributed by atoms with Crippen molar-refractivity contribution >= 4 is 25.7 Å². The number of hydrogen-bond donors (Lipinski definition) is 2. The van der Waals surface area contributed by atoms with E-state index in [1.807, 2.05) is 6.07 Å². The van der Waals surface area contributed by atoms with Crippen molar-refractivity contribution in [3.05, 3.63) is 48.0 Å². The third-order valence-electron chi connectivity index (χ3n) is 3.02. The largest absolute Gasteiger partial charge is 0.495 e. The van der Waals surface area contributed by atoms with Crippen LogP contribution >= 0.6 is 0 Å². The van der Waals surface area contributed by atoms with Crippen molar-refractivity contribution in [2.75, 3.05) is 11.8 Å². The second kappa shape index (κ2) is 6.48. The number of methoxy groups -OCH3 is 1. The van der Waals surface area contributed by atoms with Crippen LogP contribution in [0.25, 0.3) is 0 Å². The number of rotatable bonds is 5. The second-order valence-corrected chi connectivity index (χ2v) is 7.86. The number of benzene rings is 2. The molecule has 0 unspecified atom stereocenters. The molecule has 0 saturated heterocycles. The summed E-state index contributed by atoms with van der Waals surface area (Å²) in [5, 5.41) is 13.8. The molecule has 10 heteroatoms. The average Bonchev–Trinajstić information content (AvgIpc) is 2.53. The summed E-state index contributed by atoms with van der Waals surface area (Å²) >= 11 is 0. The lowest BCUT2D eigenvalue weighted by atomic mass is 10.2. The molecule has 24 heavy (non-hydrogen) atoms. The third-order valence-corrected chi connectivity index (χ3v) is 5.35. The first-order chi connectivity index (χ1) is 11.2. The highest BCUT2D eigenvalue weighted by Crippen LogP contribution is 2.27. The Morgan fingerprint density at radius 2 is 1.71 bits per heavy atom. The molecule has 0 fully saturated rings. The number of primary sulfonamides is 1. The third kappa shape index (κ3) is 3.83. The summed E-state index contributed by atoms with van der Waals surface area (Å²) in [6, 6.07) is 10.8. The summed E-state index contributed by atoms with van der Waals surface area (Å²) in [6.45, 7) is 0. The maximum atomic E-state index is 12.3. The molecule has 0 spiro atoms. The Balaban J connectivity index is 2.41. The highest BCUT2D eigenvalue weighted by molar-refractivity contribution is 7.92. The molecule has 0 saturated carbocycles. The first-order valence-electron chi connectivity index (χ1n) is 6.41. The fourth-order valence-electron chi connectivity index (χ4n) is 1.89. The van der Waals surface area contributed by atoms with E-state index in [0.29, 0.717) is 5.56 Å². The number of sulfonamides is 2. The highest BCUT2D eigenvalue weighted by atomic mass is 32.2. The van der Waals surface area contributed by atoms with Crippen LogP contribution in [0.1, 0.15) is 5.56 Å². The van der Waals surface area contributed by atoms with Gasteiger partial charge in [0.1, 0.15) is 10.6 Å². The van der Waals surface area contributed by atoms with Crippen molar-refractivity contribution in [2.45, 2.75) is 9.79 Å². The summed E-state index contributed by atoms with van der Waals surface area (Å²) in [4.78, 5) is -0.417. The van der Waals surface area contributed by atoms with Gasteiger partial charge in [0.15, 0.2) is 0 Å². The van der Waals surface area contributed by atoms with E-state index in [1.165, 1.54) is 43.5 Å². The molecule has 0 heterocycles. The maximum Gasteiger partial charge on any atom is 0.261 e. The van der Waals surface area contributed by atoms with Crippen molar-refractivity contribution in [2.24, 2.45) is 5.14 Å². The molecule has 0 radical (unpaired) electrons. The quantitative estimate of drug-likeness (QED) is 0.808. The average molecular weight is 367 g/mol. The van der Waals surface area contributed by atoms with E-state index < -0.39 is 20.0 Å². The van der Waals surface area contributed by atoms with Crippen LogP contribution in [0.5, 0.6) is 5.75 Å². The van der Waals surface area contributed by atoms with Crippen LogP contribution in [0.15, 0.2) is 52.3 Å². The zero-order valence-electron chi connectivity index (χ0n) is 12.4. The van der Waals surface area contributed by atoms with Gasteiger partial charge in [0.25, 0.3) is 10.0 Å². The number of hydrogen-bond acceptors (Lipinski definition) is 6. The Hall–Kier alpha value is -2.61. The monoisotopic (exact) mass is 367 g/mol. The van der Waals surface area contributed by atoms with Gasteiger partial charge in [-0.25, -0.2) is 22.0 Å². The first kappa shape index (κ1) is 17.7. The van der Waals surface area contributed by atoms with Gasteiger partial charge >= 0.3 is 0 Å². The van der Waals surface area contributed by atoms with Crippen LogP contribution in [0.2, 0.25) is 0 Å². The first-order valence-corrected chi connectivity index (χ1v) is 9.44. The van der Waals surface area contributed by atoms with Gasteiger partial charge in [-0.2, -0.15) is 5.26 Å². The molecule has 0 aliphatic heterocycles.